The maximum Gasteiger partial charge on any atom is 0.0503 e. The monoisotopic (exact) mass is 176 g/mol. The fraction of sp³-hybridized carbons (Fsp3) is 0.545. The highest BCUT2D eigenvalue weighted by atomic mass is 14.7. The van der Waals surface area contributed by atoms with E-state index in [1.807, 2.05) is 0 Å². The molecule has 0 aliphatic heterocycles. The second kappa shape index (κ2) is 2.72. The normalized spacial score (nSPS) is 19.5. The van der Waals surface area contributed by atoms with E-state index in [1.54, 1.807) is 6.20 Å². The lowest BCUT2D eigenvalue weighted by Gasteiger charge is -2.30. The van der Waals surface area contributed by atoms with Gasteiger partial charge in [-0.3, -0.25) is 4.98 Å². The molecule has 0 saturated heterocycles. The van der Waals surface area contributed by atoms with Crippen LogP contribution in [0.1, 0.15) is 31.5 Å². The average molecular weight is 176 g/mol. The van der Waals surface area contributed by atoms with E-state index in [-0.39, 0.29) is 0 Å². The minimum Gasteiger partial charge on any atom is -0.397 e. The lowest BCUT2D eigenvalue weighted by molar-refractivity contribution is 0.311. The van der Waals surface area contributed by atoms with Crippen LogP contribution < -0.4 is 5.73 Å². The molecule has 0 aromatic carbocycles. The first-order valence-corrected chi connectivity index (χ1v) is 4.80. The van der Waals surface area contributed by atoms with Crippen LogP contribution in [0.2, 0.25) is 0 Å². The molecular weight excluding hydrogens is 160 g/mol. The van der Waals surface area contributed by atoms with Crippen molar-refractivity contribution in [2.24, 2.45) is 5.41 Å². The van der Waals surface area contributed by atoms with Gasteiger partial charge < -0.3 is 5.73 Å². The molecule has 1 heterocycles. The van der Waals surface area contributed by atoms with Gasteiger partial charge in [0.25, 0.3) is 0 Å². The van der Waals surface area contributed by atoms with Gasteiger partial charge in [0, 0.05) is 5.69 Å². The van der Waals surface area contributed by atoms with Gasteiger partial charge in [-0.2, -0.15) is 0 Å². The number of aryl methyl sites for hydroxylation is 1. The largest absolute Gasteiger partial charge is 0.397 e. The van der Waals surface area contributed by atoms with E-state index < -0.39 is 0 Å². The van der Waals surface area contributed by atoms with Gasteiger partial charge in [0.1, 0.15) is 0 Å². The number of nitrogens with zero attached hydrogens (tertiary/aromatic N) is 1. The predicted octanol–water partition coefficient (Wildman–Crippen LogP) is 2.18. The molecule has 0 fully saturated rings. The van der Waals surface area contributed by atoms with Crippen LogP contribution in [0.25, 0.3) is 0 Å². The van der Waals surface area contributed by atoms with E-state index in [0.717, 1.165) is 18.5 Å². The highest BCUT2D eigenvalue weighted by molar-refractivity contribution is 5.41. The zero-order chi connectivity index (χ0) is 9.47. The van der Waals surface area contributed by atoms with Crippen LogP contribution in [0.3, 0.4) is 0 Å². The van der Waals surface area contributed by atoms with Crippen molar-refractivity contribution < 1.29 is 0 Å². The van der Waals surface area contributed by atoms with Crippen molar-refractivity contribution >= 4 is 5.69 Å². The number of aromatic nitrogens is 1. The summed E-state index contributed by atoms with van der Waals surface area (Å²) in [5.41, 5.74) is 9.48. The van der Waals surface area contributed by atoms with Crippen molar-refractivity contribution in [3.8, 4) is 0 Å². The van der Waals surface area contributed by atoms with Crippen molar-refractivity contribution in [1.29, 1.82) is 0 Å². The van der Waals surface area contributed by atoms with E-state index in [9.17, 15) is 0 Å². The Morgan fingerprint density at radius 3 is 3.00 bits per heavy atom. The van der Waals surface area contributed by atoms with Gasteiger partial charge in [0.2, 0.25) is 0 Å². The third-order valence-corrected chi connectivity index (χ3v) is 2.80. The molecule has 0 spiro atoms. The minimum absolute atomic E-state index is 0.413. The number of pyridine rings is 1. The Morgan fingerprint density at radius 2 is 2.23 bits per heavy atom. The molecule has 1 aromatic rings. The topological polar surface area (TPSA) is 38.9 Å². The van der Waals surface area contributed by atoms with E-state index in [2.05, 4.69) is 24.9 Å². The number of nitrogen functional groups attached to an aromatic ring is 1. The van der Waals surface area contributed by atoms with Crippen LogP contribution >= 0.6 is 0 Å². The lowest BCUT2D eigenvalue weighted by atomic mass is 9.76. The number of rotatable bonds is 0. The van der Waals surface area contributed by atoms with Crippen molar-refractivity contribution in [2.45, 2.75) is 33.1 Å². The third kappa shape index (κ3) is 1.67. The van der Waals surface area contributed by atoms with Gasteiger partial charge in [-0.05, 0) is 36.3 Å². The van der Waals surface area contributed by atoms with Gasteiger partial charge in [-0.1, -0.05) is 13.8 Å². The second-order valence-corrected chi connectivity index (χ2v) is 4.72. The molecule has 1 aromatic heterocycles. The molecule has 13 heavy (non-hydrogen) atoms. The van der Waals surface area contributed by atoms with Crippen molar-refractivity contribution in [3.63, 3.8) is 0 Å². The standard InChI is InChI=1S/C11H16N2/c1-11(2)4-3-8-5-9(12)7-13-10(8)6-11/h5,7H,3-4,6,12H2,1-2H3. The van der Waals surface area contributed by atoms with Crippen LogP contribution in [-0.4, -0.2) is 4.98 Å². The smallest absolute Gasteiger partial charge is 0.0503 e. The zero-order valence-corrected chi connectivity index (χ0v) is 8.30. The summed E-state index contributed by atoms with van der Waals surface area (Å²) in [6.07, 6.45) is 5.22. The van der Waals surface area contributed by atoms with Crippen LogP contribution in [0.15, 0.2) is 12.3 Å². The van der Waals surface area contributed by atoms with Gasteiger partial charge in [-0.25, -0.2) is 0 Å². The van der Waals surface area contributed by atoms with E-state index in [4.69, 9.17) is 5.73 Å². The summed E-state index contributed by atoms with van der Waals surface area (Å²) in [4.78, 5) is 4.39. The van der Waals surface area contributed by atoms with E-state index in [0.29, 0.717) is 5.41 Å². The molecule has 1 aliphatic carbocycles. The molecule has 1 aliphatic rings. The molecule has 0 saturated carbocycles. The lowest BCUT2D eigenvalue weighted by Crippen LogP contribution is -2.23. The van der Waals surface area contributed by atoms with Crippen LogP contribution in [0.4, 0.5) is 5.69 Å². The number of hydrogen-bond acceptors (Lipinski definition) is 2. The molecule has 0 bridgehead atoms. The first kappa shape index (κ1) is 8.54. The SMILES string of the molecule is CC1(C)CCc2cc(N)cnc2C1. The van der Waals surface area contributed by atoms with Crippen LogP contribution in [0.5, 0.6) is 0 Å². The Labute approximate surface area is 79.2 Å². The molecule has 2 N–H and O–H groups in total. The number of hydrogen-bond donors (Lipinski definition) is 1. The molecule has 0 amide bonds. The van der Waals surface area contributed by atoms with Crippen LogP contribution in [-0.2, 0) is 12.8 Å². The molecule has 0 atom stereocenters. The summed E-state index contributed by atoms with van der Waals surface area (Å²) in [5, 5.41) is 0. The average Bonchev–Trinajstić information content (AvgIpc) is 2.05. The molecular formula is C11H16N2. The number of fused-ring (bicyclic) bond motifs is 1. The molecule has 0 unspecified atom stereocenters. The Bertz CT molecular complexity index is 329. The summed E-state index contributed by atoms with van der Waals surface area (Å²) in [6.45, 7) is 4.60. The summed E-state index contributed by atoms with van der Waals surface area (Å²) in [5.74, 6) is 0. The Kier molecular flexibility index (Phi) is 1.79. The van der Waals surface area contributed by atoms with Gasteiger partial charge in [0.05, 0.1) is 11.9 Å². The molecule has 2 rings (SSSR count). The van der Waals surface area contributed by atoms with Gasteiger partial charge in [-0.15, -0.1) is 0 Å². The Morgan fingerprint density at radius 1 is 1.46 bits per heavy atom. The summed E-state index contributed by atoms with van der Waals surface area (Å²) in [7, 11) is 0. The summed E-state index contributed by atoms with van der Waals surface area (Å²) < 4.78 is 0. The fourth-order valence-electron chi connectivity index (χ4n) is 1.95. The summed E-state index contributed by atoms with van der Waals surface area (Å²) >= 11 is 0. The highest BCUT2D eigenvalue weighted by Crippen LogP contribution is 2.33. The van der Waals surface area contributed by atoms with E-state index >= 15 is 0 Å². The summed E-state index contributed by atoms with van der Waals surface area (Å²) in [6, 6.07) is 2.07. The first-order chi connectivity index (χ1) is 6.07. The molecule has 70 valence electrons. The number of nitrogens with two attached hydrogens (primary N) is 1. The van der Waals surface area contributed by atoms with Gasteiger partial charge >= 0.3 is 0 Å². The molecule has 2 heteroatoms. The molecule has 2 nitrogen and oxygen atoms in total. The quantitative estimate of drug-likeness (QED) is 0.658. The first-order valence-electron chi connectivity index (χ1n) is 4.80. The minimum atomic E-state index is 0.413. The van der Waals surface area contributed by atoms with Crippen molar-refractivity contribution in [2.75, 3.05) is 5.73 Å². The maximum absolute atomic E-state index is 5.69. The second-order valence-electron chi connectivity index (χ2n) is 4.72. The maximum atomic E-state index is 5.69. The van der Waals surface area contributed by atoms with Gasteiger partial charge in [0.15, 0.2) is 0 Å². The van der Waals surface area contributed by atoms with Crippen molar-refractivity contribution in [3.05, 3.63) is 23.5 Å². The predicted molar refractivity (Wildman–Crippen MR) is 54.5 cm³/mol. The number of anilines is 1. The van der Waals surface area contributed by atoms with E-state index in [1.165, 1.54) is 17.7 Å². The highest BCUT2D eigenvalue weighted by Gasteiger charge is 2.25. The third-order valence-electron chi connectivity index (χ3n) is 2.80. The Hall–Kier alpha value is -1.05. The molecule has 0 radical (unpaired) electrons. The van der Waals surface area contributed by atoms with Crippen LogP contribution in [0, 0.1) is 5.41 Å². The van der Waals surface area contributed by atoms with Crippen molar-refractivity contribution in [1.82, 2.24) is 4.98 Å². The zero-order valence-electron chi connectivity index (χ0n) is 8.30. The fourth-order valence-corrected chi connectivity index (χ4v) is 1.95. The Balaban J connectivity index is 2.37.